The van der Waals surface area contributed by atoms with E-state index in [1.54, 1.807) is 17.6 Å². The first-order chi connectivity index (χ1) is 13.8. The Morgan fingerprint density at radius 3 is 2.79 bits per heavy atom. The van der Waals surface area contributed by atoms with Crippen molar-refractivity contribution in [1.82, 2.24) is 5.43 Å². The summed E-state index contributed by atoms with van der Waals surface area (Å²) in [4.78, 5) is 14.4. The summed E-state index contributed by atoms with van der Waals surface area (Å²) in [6, 6.07) is 19.7. The molecule has 1 aliphatic rings. The first-order valence-electron chi connectivity index (χ1n) is 9.50. The van der Waals surface area contributed by atoms with Gasteiger partial charge >= 0.3 is 0 Å². The fourth-order valence-corrected chi connectivity index (χ4v) is 4.39. The number of hydrogen-bond acceptors (Lipinski definition) is 4. The van der Waals surface area contributed by atoms with Crippen molar-refractivity contribution < 1.29 is 9.53 Å². The molecule has 0 radical (unpaired) electrons. The van der Waals surface area contributed by atoms with E-state index in [0.717, 1.165) is 34.6 Å². The Kier molecular flexibility index (Phi) is 5.83. The normalized spacial score (nSPS) is 13.3. The Balaban J connectivity index is 1.34. The topological polar surface area (TPSA) is 50.7 Å². The van der Waals surface area contributed by atoms with Crippen LogP contribution in [0.25, 0.3) is 0 Å². The second kappa shape index (κ2) is 8.85. The zero-order chi connectivity index (χ0) is 19.2. The highest BCUT2D eigenvalue weighted by atomic mass is 32.1. The smallest absolute Gasteiger partial charge is 0.281 e. The van der Waals surface area contributed by atoms with Crippen LogP contribution in [0.3, 0.4) is 0 Å². The summed E-state index contributed by atoms with van der Waals surface area (Å²) in [5.41, 5.74) is 5.95. The highest BCUT2D eigenvalue weighted by Gasteiger charge is 2.16. The molecule has 1 amide bonds. The molecule has 0 bridgehead atoms. The lowest BCUT2D eigenvalue weighted by Gasteiger charge is -2.08. The lowest BCUT2D eigenvalue weighted by molar-refractivity contribution is 0.0959. The fourth-order valence-electron chi connectivity index (χ4n) is 3.25. The van der Waals surface area contributed by atoms with Gasteiger partial charge in [0.25, 0.3) is 5.91 Å². The molecule has 0 fully saturated rings. The summed E-state index contributed by atoms with van der Waals surface area (Å²) < 4.78 is 5.83. The average Bonchev–Trinajstić information content (AvgIpc) is 3.18. The molecular formula is C23H22N2O2S. The quantitative estimate of drug-likeness (QED) is 0.477. The molecule has 5 heteroatoms. The van der Waals surface area contributed by atoms with E-state index >= 15 is 0 Å². The number of carbonyl (C=O) groups is 1. The Hall–Kier alpha value is -2.92. The first-order valence-corrected chi connectivity index (χ1v) is 10.3. The molecule has 0 saturated carbocycles. The third-order valence-corrected chi connectivity index (χ3v) is 5.94. The SMILES string of the molecule is O=C(NN=Cc1cccc(OCc2ccccc2)c1)c1cc2c(s1)CCCC2. The van der Waals surface area contributed by atoms with Gasteiger partial charge in [-0.2, -0.15) is 5.10 Å². The molecule has 4 nitrogen and oxygen atoms in total. The van der Waals surface area contributed by atoms with E-state index in [4.69, 9.17) is 4.74 Å². The van der Waals surface area contributed by atoms with Crippen molar-refractivity contribution in [2.75, 3.05) is 0 Å². The molecule has 4 rings (SSSR count). The number of rotatable bonds is 6. The van der Waals surface area contributed by atoms with Crippen molar-refractivity contribution in [3.05, 3.63) is 87.1 Å². The number of nitrogens with one attached hydrogen (secondary N) is 1. The van der Waals surface area contributed by atoms with Crippen molar-refractivity contribution in [2.45, 2.75) is 32.3 Å². The molecule has 28 heavy (non-hydrogen) atoms. The molecule has 0 saturated heterocycles. The maximum absolute atomic E-state index is 12.3. The zero-order valence-corrected chi connectivity index (χ0v) is 16.4. The number of thiophene rings is 1. The number of ether oxygens (including phenoxy) is 1. The monoisotopic (exact) mass is 390 g/mol. The van der Waals surface area contributed by atoms with Gasteiger partial charge in [0.15, 0.2) is 0 Å². The molecule has 2 aromatic carbocycles. The van der Waals surface area contributed by atoms with Gasteiger partial charge in [0.1, 0.15) is 12.4 Å². The Morgan fingerprint density at radius 1 is 1.07 bits per heavy atom. The third-order valence-electron chi connectivity index (χ3n) is 4.71. The predicted octanol–water partition coefficient (Wildman–Crippen LogP) is 4.97. The number of aryl methyl sites for hydroxylation is 2. The van der Waals surface area contributed by atoms with Gasteiger partial charge < -0.3 is 4.74 Å². The van der Waals surface area contributed by atoms with Gasteiger partial charge in [0.05, 0.1) is 11.1 Å². The molecule has 1 heterocycles. The minimum atomic E-state index is -0.146. The van der Waals surface area contributed by atoms with Crippen LogP contribution >= 0.6 is 11.3 Å². The number of carbonyl (C=O) groups excluding carboxylic acids is 1. The summed E-state index contributed by atoms with van der Waals surface area (Å²) >= 11 is 1.59. The number of nitrogens with zero attached hydrogens (tertiary/aromatic N) is 1. The number of hydrogen-bond donors (Lipinski definition) is 1. The van der Waals surface area contributed by atoms with Gasteiger partial charge in [-0.3, -0.25) is 4.79 Å². The van der Waals surface area contributed by atoms with Crippen molar-refractivity contribution in [3.8, 4) is 5.75 Å². The summed E-state index contributed by atoms with van der Waals surface area (Å²) in [7, 11) is 0. The first kappa shape index (κ1) is 18.4. The lowest BCUT2D eigenvalue weighted by Crippen LogP contribution is -2.16. The van der Waals surface area contributed by atoms with E-state index < -0.39 is 0 Å². The molecule has 1 N–H and O–H groups in total. The van der Waals surface area contributed by atoms with E-state index in [1.807, 2.05) is 60.7 Å². The van der Waals surface area contributed by atoms with Crippen molar-refractivity contribution in [3.63, 3.8) is 0 Å². The number of benzene rings is 2. The molecule has 0 atom stereocenters. The maximum Gasteiger partial charge on any atom is 0.281 e. The molecule has 1 aromatic heterocycles. The highest BCUT2D eigenvalue weighted by molar-refractivity contribution is 7.14. The van der Waals surface area contributed by atoms with E-state index in [2.05, 4.69) is 10.5 Å². The minimum Gasteiger partial charge on any atom is -0.489 e. The van der Waals surface area contributed by atoms with E-state index in [1.165, 1.54) is 23.3 Å². The van der Waals surface area contributed by atoms with E-state index in [0.29, 0.717) is 6.61 Å². The predicted molar refractivity (Wildman–Crippen MR) is 113 cm³/mol. The Morgan fingerprint density at radius 2 is 1.93 bits per heavy atom. The second-order valence-corrected chi connectivity index (χ2v) is 7.95. The van der Waals surface area contributed by atoms with Crippen LogP contribution in [0.5, 0.6) is 5.75 Å². The van der Waals surface area contributed by atoms with Crippen LogP contribution in [-0.4, -0.2) is 12.1 Å². The number of amides is 1. The van der Waals surface area contributed by atoms with Crippen LogP contribution in [0, 0.1) is 0 Å². The summed E-state index contributed by atoms with van der Waals surface area (Å²) in [6.45, 7) is 0.515. The van der Waals surface area contributed by atoms with Crippen LogP contribution in [0.15, 0.2) is 65.8 Å². The Labute approximate surface area is 168 Å². The third kappa shape index (κ3) is 4.67. The van der Waals surface area contributed by atoms with Gasteiger partial charge in [-0.1, -0.05) is 42.5 Å². The molecule has 142 valence electrons. The number of fused-ring (bicyclic) bond motifs is 1. The summed E-state index contributed by atoms with van der Waals surface area (Å²) in [5, 5.41) is 4.11. The van der Waals surface area contributed by atoms with Gasteiger partial charge in [0, 0.05) is 4.88 Å². The number of hydrazone groups is 1. The largest absolute Gasteiger partial charge is 0.489 e. The van der Waals surface area contributed by atoms with Crippen LogP contribution in [0.2, 0.25) is 0 Å². The van der Waals surface area contributed by atoms with Crippen LogP contribution in [0.4, 0.5) is 0 Å². The molecule has 3 aromatic rings. The lowest BCUT2D eigenvalue weighted by atomic mass is 9.99. The Bertz CT molecular complexity index is 956. The molecule has 0 aliphatic heterocycles. The summed E-state index contributed by atoms with van der Waals surface area (Å²) in [5.74, 6) is 0.622. The van der Waals surface area contributed by atoms with Gasteiger partial charge in [-0.25, -0.2) is 5.43 Å². The molecule has 0 spiro atoms. The van der Waals surface area contributed by atoms with Crippen molar-refractivity contribution >= 4 is 23.5 Å². The van der Waals surface area contributed by atoms with Gasteiger partial charge in [-0.05, 0) is 60.6 Å². The zero-order valence-electron chi connectivity index (χ0n) is 15.6. The molecular weight excluding hydrogens is 368 g/mol. The fraction of sp³-hybridized carbons (Fsp3) is 0.217. The highest BCUT2D eigenvalue weighted by Crippen LogP contribution is 2.29. The van der Waals surface area contributed by atoms with Crippen molar-refractivity contribution in [1.29, 1.82) is 0 Å². The van der Waals surface area contributed by atoms with E-state index in [-0.39, 0.29) is 5.91 Å². The minimum absolute atomic E-state index is 0.146. The molecule has 0 unspecified atom stereocenters. The van der Waals surface area contributed by atoms with Gasteiger partial charge in [0.2, 0.25) is 0 Å². The van der Waals surface area contributed by atoms with Crippen molar-refractivity contribution in [2.24, 2.45) is 5.10 Å². The average molecular weight is 391 g/mol. The van der Waals surface area contributed by atoms with E-state index in [9.17, 15) is 4.79 Å². The second-order valence-electron chi connectivity index (χ2n) is 6.81. The van der Waals surface area contributed by atoms with Crippen LogP contribution < -0.4 is 10.2 Å². The molecule has 1 aliphatic carbocycles. The van der Waals surface area contributed by atoms with Crippen LogP contribution in [0.1, 0.15) is 44.1 Å². The van der Waals surface area contributed by atoms with Gasteiger partial charge in [-0.15, -0.1) is 11.3 Å². The summed E-state index contributed by atoms with van der Waals surface area (Å²) in [6.07, 6.45) is 6.24. The standard InChI is InChI=1S/C23H22N2O2S/c26-23(22-14-19-10-4-5-12-21(19)28-22)25-24-15-18-9-6-11-20(13-18)27-16-17-7-2-1-3-8-17/h1-3,6-9,11,13-15H,4-5,10,12,16H2,(H,25,26). The maximum atomic E-state index is 12.3. The van der Waals surface area contributed by atoms with Crippen LogP contribution in [-0.2, 0) is 19.4 Å².